The normalized spacial score (nSPS) is 14.1. The van der Waals surface area contributed by atoms with E-state index in [1.54, 1.807) is 0 Å². The van der Waals surface area contributed by atoms with Crippen LogP contribution in [0.15, 0.2) is 0 Å². The monoisotopic (exact) mass is 239 g/mol. The molecule has 0 rings (SSSR count). The van der Waals surface area contributed by atoms with Gasteiger partial charge in [-0.25, -0.2) is 0 Å². The Morgan fingerprint density at radius 2 is 1.14 bits per heavy atom. The number of hydrogen-bond acceptors (Lipinski definition) is 5. The molecule has 0 spiro atoms. The van der Waals surface area contributed by atoms with E-state index < -0.39 is 6.41 Å². The van der Waals surface area contributed by atoms with Gasteiger partial charge in [-0.1, -0.05) is 25.6 Å². The molecule has 0 fully saturated rings. The van der Waals surface area contributed by atoms with E-state index in [-0.39, 0.29) is 11.2 Å². The zero-order chi connectivity index (χ0) is 11.6. The number of ether oxygens (including phenoxy) is 2. The molecule has 0 saturated heterocycles. The summed E-state index contributed by atoms with van der Waals surface area (Å²) in [4.78, 5) is 0. The van der Waals surface area contributed by atoms with Gasteiger partial charge in [-0.3, -0.25) is 0 Å². The number of thiol groups is 2. The lowest BCUT2D eigenvalue weighted by molar-refractivity contribution is -0.256. The van der Waals surface area contributed by atoms with Crippen molar-refractivity contribution in [1.29, 1.82) is 0 Å². The second-order valence-corrected chi connectivity index (χ2v) is 6.27. The zero-order valence-corrected chi connectivity index (χ0v) is 11.5. The Bertz CT molecular complexity index is 157. The molecule has 0 N–H and O–H groups in total. The second kappa shape index (κ2) is 5.07. The van der Waals surface area contributed by atoms with Crippen LogP contribution in [0.3, 0.4) is 0 Å². The van der Waals surface area contributed by atoms with Crippen molar-refractivity contribution in [2.24, 2.45) is 0 Å². The molecule has 14 heavy (non-hydrogen) atoms. The van der Waals surface area contributed by atoms with E-state index in [4.69, 9.17) is 9.47 Å². The summed E-state index contributed by atoms with van der Waals surface area (Å²) < 4.78 is 12.6. The largest absolute Gasteiger partial charge is 0.333 e. The van der Waals surface area contributed by atoms with Crippen LogP contribution in [-0.4, -0.2) is 21.3 Å². The van der Waals surface area contributed by atoms with Crippen LogP contribution in [0.1, 0.15) is 41.5 Å². The molecular formula is C9H21NO2S2. The molecule has 0 unspecified atom stereocenters. The summed E-state index contributed by atoms with van der Waals surface area (Å²) >= 11 is 8.13. The quantitative estimate of drug-likeness (QED) is 0.584. The molecule has 0 aromatic carbocycles. The summed E-state index contributed by atoms with van der Waals surface area (Å²) in [6, 6.07) is 0. The van der Waals surface area contributed by atoms with Crippen LogP contribution in [0.5, 0.6) is 0 Å². The van der Waals surface area contributed by atoms with Crippen LogP contribution in [-0.2, 0) is 9.47 Å². The van der Waals surface area contributed by atoms with Crippen molar-refractivity contribution >= 4 is 25.6 Å². The van der Waals surface area contributed by atoms with Crippen LogP contribution in [0, 0.1) is 0 Å². The van der Waals surface area contributed by atoms with Gasteiger partial charge in [0.05, 0.1) is 11.2 Å². The maximum atomic E-state index is 5.63. The fourth-order valence-corrected chi connectivity index (χ4v) is 0.912. The van der Waals surface area contributed by atoms with Crippen molar-refractivity contribution in [2.75, 3.05) is 0 Å². The Balaban J connectivity index is 4.32. The average molecular weight is 239 g/mol. The summed E-state index contributed by atoms with van der Waals surface area (Å²) in [7, 11) is 0. The first kappa shape index (κ1) is 14.6. The Morgan fingerprint density at radius 3 is 1.29 bits per heavy atom. The predicted octanol–water partition coefficient (Wildman–Crippen LogP) is 2.89. The van der Waals surface area contributed by atoms with Crippen LogP contribution >= 0.6 is 25.6 Å². The van der Waals surface area contributed by atoms with Crippen molar-refractivity contribution in [2.45, 2.75) is 59.2 Å². The molecule has 0 aliphatic rings. The van der Waals surface area contributed by atoms with Gasteiger partial charge in [-0.05, 0) is 41.5 Å². The molecule has 0 saturated carbocycles. The Labute approximate surface area is 98.2 Å². The first-order valence-corrected chi connectivity index (χ1v) is 5.34. The Morgan fingerprint density at radius 1 is 0.857 bits per heavy atom. The topological polar surface area (TPSA) is 21.7 Å². The maximum absolute atomic E-state index is 5.63. The van der Waals surface area contributed by atoms with Crippen molar-refractivity contribution in [1.82, 2.24) is 3.71 Å². The molecule has 0 amide bonds. The highest BCUT2D eigenvalue weighted by Gasteiger charge is 2.26. The maximum Gasteiger partial charge on any atom is 0.238 e. The number of rotatable bonds is 3. The van der Waals surface area contributed by atoms with Gasteiger partial charge in [0, 0.05) is 0 Å². The fourth-order valence-electron chi connectivity index (χ4n) is 0.723. The minimum absolute atomic E-state index is 0.292. The van der Waals surface area contributed by atoms with Gasteiger partial charge in [-0.15, -0.1) is 3.71 Å². The Hall–Kier alpha value is 0.580. The van der Waals surface area contributed by atoms with Crippen molar-refractivity contribution in [3.8, 4) is 0 Å². The van der Waals surface area contributed by atoms with E-state index in [0.717, 1.165) is 0 Å². The minimum atomic E-state index is -0.568. The molecule has 0 aromatic heterocycles. The smallest absolute Gasteiger partial charge is 0.238 e. The molecule has 86 valence electrons. The van der Waals surface area contributed by atoms with Gasteiger partial charge in [0.25, 0.3) is 0 Å². The third kappa shape index (κ3) is 7.94. The van der Waals surface area contributed by atoms with E-state index in [2.05, 4.69) is 25.6 Å². The van der Waals surface area contributed by atoms with Crippen LogP contribution in [0.25, 0.3) is 0 Å². The molecule has 0 aromatic rings. The highest BCUT2D eigenvalue weighted by atomic mass is 32.2. The third-order valence-electron chi connectivity index (χ3n) is 1.10. The van der Waals surface area contributed by atoms with Crippen LogP contribution < -0.4 is 0 Å². The molecule has 0 bridgehead atoms. The SMILES string of the molecule is CC(C)(C)OC(OC(C)(C)C)N(S)S. The van der Waals surface area contributed by atoms with E-state index in [1.807, 2.05) is 41.5 Å². The molecule has 3 nitrogen and oxygen atoms in total. The lowest BCUT2D eigenvalue weighted by atomic mass is 10.2. The van der Waals surface area contributed by atoms with Gasteiger partial charge >= 0.3 is 0 Å². The first-order valence-electron chi connectivity index (χ1n) is 4.54. The summed E-state index contributed by atoms with van der Waals surface area (Å²) in [5.74, 6) is 0. The molecule has 0 aliphatic heterocycles. The van der Waals surface area contributed by atoms with E-state index in [9.17, 15) is 0 Å². The number of nitrogens with zero attached hydrogens (tertiary/aromatic N) is 1. The van der Waals surface area contributed by atoms with Gasteiger partial charge in [-0.2, -0.15) is 0 Å². The van der Waals surface area contributed by atoms with Gasteiger partial charge < -0.3 is 9.47 Å². The van der Waals surface area contributed by atoms with E-state index in [1.165, 1.54) is 3.71 Å². The summed E-state index contributed by atoms with van der Waals surface area (Å²) in [5.41, 5.74) is -0.584. The minimum Gasteiger partial charge on any atom is -0.333 e. The van der Waals surface area contributed by atoms with Crippen molar-refractivity contribution in [3.05, 3.63) is 0 Å². The second-order valence-electron chi connectivity index (χ2n) is 5.09. The van der Waals surface area contributed by atoms with Gasteiger partial charge in [0.2, 0.25) is 6.41 Å². The molecule has 0 atom stereocenters. The average Bonchev–Trinajstić information content (AvgIpc) is 1.78. The lowest BCUT2D eigenvalue weighted by Gasteiger charge is -2.34. The lowest BCUT2D eigenvalue weighted by Crippen LogP contribution is -2.40. The van der Waals surface area contributed by atoms with Crippen molar-refractivity contribution < 1.29 is 9.47 Å². The third-order valence-corrected chi connectivity index (χ3v) is 1.47. The standard InChI is InChI=1S/C9H21NO2S2/c1-8(2,3)11-7(10(13)14)12-9(4,5)6/h7,13-14H,1-6H3. The summed E-state index contributed by atoms with van der Waals surface area (Å²) in [5, 5.41) is 0. The van der Waals surface area contributed by atoms with Crippen LogP contribution in [0.2, 0.25) is 0 Å². The molecule has 0 heterocycles. The molecular weight excluding hydrogens is 218 g/mol. The molecule has 0 radical (unpaired) electrons. The predicted molar refractivity (Wildman–Crippen MR) is 65.3 cm³/mol. The van der Waals surface area contributed by atoms with Gasteiger partial charge in [0.15, 0.2) is 0 Å². The number of hydrogen-bond donors (Lipinski definition) is 2. The van der Waals surface area contributed by atoms with E-state index >= 15 is 0 Å². The zero-order valence-electron chi connectivity index (χ0n) is 9.74. The fraction of sp³-hybridized carbons (Fsp3) is 1.00. The molecule has 5 heteroatoms. The summed E-state index contributed by atoms with van der Waals surface area (Å²) in [6.07, 6.45) is -0.568. The molecule has 0 aliphatic carbocycles. The Kier molecular flexibility index (Phi) is 5.28. The van der Waals surface area contributed by atoms with Gasteiger partial charge in [0.1, 0.15) is 0 Å². The van der Waals surface area contributed by atoms with E-state index in [0.29, 0.717) is 0 Å². The van der Waals surface area contributed by atoms with Crippen molar-refractivity contribution in [3.63, 3.8) is 0 Å². The van der Waals surface area contributed by atoms with Crippen LogP contribution in [0.4, 0.5) is 0 Å². The highest BCUT2D eigenvalue weighted by Crippen LogP contribution is 2.22. The first-order chi connectivity index (χ1) is 6.01. The highest BCUT2D eigenvalue weighted by molar-refractivity contribution is 7.93. The summed E-state index contributed by atoms with van der Waals surface area (Å²) in [6.45, 7) is 11.7.